The Labute approximate surface area is 281 Å². The van der Waals surface area contributed by atoms with Crippen molar-refractivity contribution >= 4 is 17.5 Å². The van der Waals surface area contributed by atoms with Crippen molar-refractivity contribution in [2.75, 3.05) is 11.6 Å². The summed E-state index contributed by atoms with van der Waals surface area (Å²) in [5.74, 6) is -4.60. The molecule has 9 nitrogen and oxygen atoms in total. The first-order chi connectivity index (χ1) is 23.5. The molecule has 12 heteroatoms. The predicted octanol–water partition coefficient (Wildman–Crippen LogP) is 5.58. The number of nitrogens with two attached hydrogens (primary N) is 1. The van der Waals surface area contributed by atoms with E-state index in [1.54, 1.807) is 9.47 Å². The summed E-state index contributed by atoms with van der Waals surface area (Å²) in [5.41, 5.74) is 5.08. The number of fused-ring (bicyclic) bond motifs is 5. The Bertz CT molecular complexity index is 1970. The Hall–Kier alpha value is -5.10. The van der Waals surface area contributed by atoms with E-state index in [-0.39, 0.29) is 54.4 Å². The van der Waals surface area contributed by atoms with E-state index in [2.05, 4.69) is 0 Å². The van der Waals surface area contributed by atoms with Gasteiger partial charge in [0, 0.05) is 49.1 Å². The first-order valence-corrected chi connectivity index (χ1v) is 16.3. The summed E-state index contributed by atoms with van der Waals surface area (Å²) in [5, 5.41) is 3.93. The topological polar surface area (TPSA) is 101 Å². The zero-order valence-corrected chi connectivity index (χ0v) is 27.1. The van der Waals surface area contributed by atoms with Crippen LogP contribution in [0.4, 0.5) is 18.9 Å². The fourth-order valence-electron chi connectivity index (χ4n) is 7.91. The van der Waals surface area contributed by atoms with Gasteiger partial charge in [0.05, 0.1) is 17.3 Å². The average molecular weight is 672 g/mol. The quantitative estimate of drug-likeness (QED) is 0.276. The molecule has 49 heavy (non-hydrogen) atoms. The Kier molecular flexibility index (Phi) is 8.22. The molecule has 4 aromatic rings. The lowest BCUT2D eigenvalue weighted by atomic mass is 9.80. The lowest BCUT2D eigenvalue weighted by Crippen LogP contribution is -2.59. The monoisotopic (exact) mass is 671 g/mol. The molecular weight excluding hydrogens is 635 g/mol. The lowest BCUT2D eigenvalue weighted by Gasteiger charge is -2.50. The van der Waals surface area contributed by atoms with Gasteiger partial charge in [-0.15, -0.1) is 0 Å². The highest BCUT2D eigenvalue weighted by Crippen LogP contribution is 2.52. The number of primary amides is 1. The van der Waals surface area contributed by atoms with Gasteiger partial charge in [-0.25, -0.2) is 18.2 Å². The van der Waals surface area contributed by atoms with E-state index < -0.39 is 46.3 Å². The molecule has 2 amide bonds. The van der Waals surface area contributed by atoms with E-state index in [0.29, 0.717) is 31.4 Å². The van der Waals surface area contributed by atoms with Gasteiger partial charge >= 0.3 is 0 Å². The maximum Gasteiger partial charge on any atom is 0.274 e. The van der Waals surface area contributed by atoms with Crippen LogP contribution in [0, 0.1) is 17.5 Å². The van der Waals surface area contributed by atoms with Gasteiger partial charge in [-0.3, -0.25) is 19.4 Å². The van der Waals surface area contributed by atoms with Crippen molar-refractivity contribution in [2.45, 2.75) is 69.9 Å². The highest BCUT2D eigenvalue weighted by molar-refractivity contribution is 5.99. The molecule has 4 atom stereocenters. The van der Waals surface area contributed by atoms with Crippen LogP contribution in [0.3, 0.4) is 0 Å². The van der Waals surface area contributed by atoms with Crippen LogP contribution < -0.4 is 20.9 Å². The normalized spacial score (nSPS) is 23.4. The summed E-state index contributed by atoms with van der Waals surface area (Å²) < 4.78 is 52.0. The van der Waals surface area contributed by atoms with Gasteiger partial charge in [-0.2, -0.15) is 0 Å². The molecule has 4 heterocycles. The van der Waals surface area contributed by atoms with Crippen LogP contribution in [0.2, 0.25) is 0 Å². The van der Waals surface area contributed by atoms with E-state index in [1.165, 1.54) is 6.20 Å². The largest absolute Gasteiger partial charge is 0.483 e. The second-order valence-electron chi connectivity index (χ2n) is 13.2. The molecule has 2 fully saturated rings. The second kappa shape index (κ2) is 12.4. The van der Waals surface area contributed by atoms with E-state index in [9.17, 15) is 18.8 Å². The number of hydrazine groups is 1. The minimum absolute atomic E-state index is 0.0186. The van der Waals surface area contributed by atoms with Gasteiger partial charge in [0.25, 0.3) is 11.8 Å². The number of pyridine rings is 1. The van der Waals surface area contributed by atoms with Crippen molar-refractivity contribution < 1.29 is 27.5 Å². The highest BCUT2D eigenvalue weighted by atomic mass is 19.1. The van der Waals surface area contributed by atoms with E-state index in [0.717, 1.165) is 11.3 Å². The average Bonchev–Trinajstić information content (AvgIpc) is 3.29. The summed E-state index contributed by atoms with van der Waals surface area (Å²) >= 11 is 0. The predicted molar refractivity (Wildman–Crippen MR) is 176 cm³/mol. The number of amides is 2. The first kappa shape index (κ1) is 32.4. The number of carbonyl (C=O) groups excluding carboxylic acids is 2. The number of carbonyl (C=O) groups is 2. The molecule has 3 aromatic carbocycles. The highest BCUT2D eigenvalue weighted by Gasteiger charge is 2.58. The lowest BCUT2D eigenvalue weighted by molar-refractivity contribution is 0.0568. The molecule has 3 aliphatic rings. The number of aromatic nitrogens is 1. The summed E-state index contributed by atoms with van der Waals surface area (Å²) in [7, 11) is 0. The van der Waals surface area contributed by atoms with Crippen molar-refractivity contribution in [3.63, 3.8) is 0 Å². The molecule has 0 saturated carbocycles. The third kappa shape index (κ3) is 5.44. The molecule has 2 bridgehead atoms. The molecule has 2 saturated heterocycles. The van der Waals surface area contributed by atoms with Crippen molar-refractivity contribution in [1.29, 1.82) is 0 Å². The Morgan fingerprint density at radius 1 is 0.959 bits per heavy atom. The molecular formula is C37H36F3N5O4. The number of para-hydroxylation sites is 1. The molecule has 0 radical (unpaired) electrons. The molecule has 7 rings (SSSR count). The Balaban J connectivity index is 1.43. The molecule has 0 aliphatic carbocycles. The molecule has 2 unspecified atom stereocenters. The number of benzene rings is 3. The second-order valence-corrected chi connectivity index (χ2v) is 13.2. The van der Waals surface area contributed by atoms with Crippen LogP contribution >= 0.6 is 0 Å². The zero-order chi connectivity index (χ0) is 34.6. The van der Waals surface area contributed by atoms with Crippen molar-refractivity contribution in [2.24, 2.45) is 5.73 Å². The molecule has 1 spiro atoms. The van der Waals surface area contributed by atoms with Crippen LogP contribution in [0.5, 0.6) is 5.75 Å². The molecule has 3 aliphatic heterocycles. The summed E-state index contributed by atoms with van der Waals surface area (Å²) in [6, 6.07) is 18.8. The summed E-state index contributed by atoms with van der Waals surface area (Å²) in [6.45, 7) is 3.92. The van der Waals surface area contributed by atoms with Gasteiger partial charge in [-0.1, -0.05) is 48.5 Å². The van der Waals surface area contributed by atoms with Crippen molar-refractivity contribution in [3.05, 3.63) is 129 Å². The summed E-state index contributed by atoms with van der Waals surface area (Å²) in [4.78, 5) is 42.6. The number of rotatable bonds is 7. The smallest absolute Gasteiger partial charge is 0.274 e. The van der Waals surface area contributed by atoms with Crippen molar-refractivity contribution in [3.8, 4) is 5.75 Å². The molecule has 254 valence electrons. The Morgan fingerprint density at radius 3 is 2.27 bits per heavy atom. The SMILES string of the molecule is CC1CC2(CC[C@H](C)N3C[C@H]2n2cc(C(N)=O)c(=O)c(OCc4ccccc4)c2C3=O)N(c2ccccc2)N1Cc1c(F)cc(F)cc1F. The van der Waals surface area contributed by atoms with Crippen LogP contribution in [-0.2, 0) is 13.2 Å². The summed E-state index contributed by atoms with van der Waals surface area (Å²) in [6.07, 6.45) is 2.98. The van der Waals surface area contributed by atoms with E-state index in [1.807, 2.05) is 84.5 Å². The number of halogens is 3. The van der Waals surface area contributed by atoms with Gasteiger partial charge in [-0.05, 0) is 50.8 Å². The minimum Gasteiger partial charge on any atom is -0.483 e. The van der Waals surface area contributed by atoms with Crippen LogP contribution in [-0.4, -0.2) is 50.5 Å². The number of ether oxygens (including phenoxy) is 1. The van der Waals surface area contributed by atoms with E-state index in [4.69, 9.17) is 10.5 Å². The van der Waals surface area contributed by atoms with Crippen LogP contribution in [0.15, 0.2) is 83.8 Å². The Morgan fingerprint density at radius 2 is 1.61 bits per heavy atom. The maximum absolute atomic E-state index is 15.2. The van der Waals surface area contributed by atoms with Gasteiger partial charge in [0.2, 0.25) is 5.43 Å². The van der Waals surface area contributed by atoms with Crippen LogP contribution in [0.25, 0.3) is 0 Å². The molecule has 2 N–H and O–H groups in total. The minimum atomic E-state index is -1.00. The third-order valence-electron chi connectivity index (χ3n) is 10.3. The van der Waals surface area contributed by atoms with Gasteiger partial charge in [0.15, 0.2) is 11.4 Å². The first-order valence-electron chi connectivity index (χ1n) is 16.3. The van der Waals surface area contributed by atoms with Gasteiger partial charge in [0.1, 0.15) is 29.6 Å². The number of anilines is 1. The van der Waals surface area contributed by atoms with Crippen molar-refractivity contribution in [1.82, 2.24) is 14.5 Å². The standard InChI is InChI=1S/C37H36F3N5O4/c1-22-13-14-37(17-23(2)44(45(37)26-11-7-4-8-12-26)19-27-29(39)15-25(38)16-30(27)40)31-20-42(22)36(48)32-34(49-21-24-9-5-3-6-10-24)33(46)28(35(41)47)18-43(31)32/h3-12,15-16,18,22-23,31H,13-14,17,19-21H2,1-2H3,(H2,41,47)/t22-,23?,31+,37?/m0/s1. The number of hydrogen-bond donors (Lipinski definition) is 1. The van der Waals surface area contributed by atoms with Crippen LogP contribution in [0.1, 0.15) is 71.1 Å². The fraction of sp³-hybridized carbons (Fsp3) is 0.324. The maximum atomic E-state index is 15.2. The van der Waals surface area contributed by atoms with E-state index >= 15 is 8.78 Å². The fourth-order valence-corrected chi connectivity index (χ4v) is 7.91. The van der Waals surface area contributed by atoms with Gasteiger partial charge < -0.3 is 19.9 Å². The molecule has 1 aromatic heterocycles. The number of hydrogen-bond acceptors (Lipinski definition) is 6. The zero-order valence-electron chi connectivity index (χ0n) is 27.1. The third-order valence-corrected chi connectivity index (χ3v) is 10.3. The number of nitrogens with zero attached hydrogens (tertiary/aromatic N) is 4.